The number of carbonyl (C=O) groups is 1. The van der Waals surface area contributed by atoms with E-state index in [0.717, 1.165) is 6.07 Å². The van der Waals surface area contributed by atoms with Gasteiger partial charge < -0.3 is 25.3 Å². The van der Waals surface area contributed by atoms with Gasteiger partial charge in [-0.2, -0.15) is 0 Å². The summed E-state index contributed by atoms with van der Waals surface area (Å²) in [5, 5.41) is 20.5. The molecule has 1 aromatic carbocycles. The summed E-state index contributed by atoms with van der Waals surface area (Å²) in [6.07, 6.45) is -0.0257. The number of esters is 1. The number of aromatic nitrogens is 2. The molecule has 0 aliphatic carbocycles. The van der Waals surface area contributed by atoms with Crippen LogP contribution in [0.4, 0.5) is 10.1 Å². The summed E-state index contributed by atoms with van der Waals surface area (Å²) in [7, 11) is -3.83. The Bertz CT molecular complexity index is 1620. The molecule has 0 saturated carbocycles. The molecule has 0 bridgehead atoms. The molecule has 1 atom stereocenters. The lowest BCUT2D eigenvalue weighted by Crippen LogP contribution is -2.44. The van der Waals surface area contributed by atoms with Gasteiger partial charge in [-0.1, -0.05) is 6.92 Å². The number of nitrogens with one attached hydrogen (secondary N) is 1. The van der Waals surface area contributed by atoms with Crippen LogP contribution in [-0.4, -0.2) is 46.5 Å². The van der Waals surface area contributed by atoms with E-state index in [-0.39, 0.29) is 48.4 Å². The number of rotatable bonds is 6. The van der Waals surface area contributed by atoms with Crippen molar-refractivity contribution in [2.75, 3.05) is 18.1 Å². The second kappa shape index (κ2) is 8.34. The van der Waals surface area contributed by atoms with Crippen LogP contribution in [-0.2, 0) is 44.9 Å². The molecule has 190 valence electrons. The summed E-state index contributed by atoms with van der Waals surface area (Å²) in [5.74, 6) is -2.08. The maximum absolute atomic E-state index is 14.3. The SMILES string of the molecule is CCC1(O)C(=O)OCc2c1cc1n(c2=O)Cc2c-1nc1cc(F)c(N)cc1c2CNS(=O)(=O)CCO. The van der Waals surface area contributed by atoms with Gasteiger partial charge in [0.2, 0.25) is 10.0 Å². The van der Waals surface area contributed by atoms with Crippen LogP contribution in [0.3, 0.4) is 0 Å². The zero-order chi connectivity index (χ0) is 26.0. The smallest absolute Gasteiger partial charge is 0.343 e. The number of cyclic esters (lactones) is 1. The van der Waals surface area contributed by atoms with E-state index in [9.17, 15) is 27.5 Å². The Labute approximate surface area is 204 Å². The van der Waals surface area contributed by atoms with Crippen LogP contribution in [0.25, 0.3) is 22.3 Å². The largest absolute Gasteiger partial charge is 0.458 e. The van der Waals surface area contributed by atoms with Gasteiger partial charge in [-0.15, -0.1) is 0 Å². The zero-order valence-electron chi connectivity index (χ0n) is 19.2. The molecule has 3 aromatic rings. The summed E-state index contributed by atoms with van der Waals surface area (Å²) in [6, 6.07) is 3.99. The van der Waals surface area contributed by atoms with E-state index in [4.69, 9.17) is 15.6 Å². The van der Waals surface area contributed by atoms with Gasteiger partial charge in [0.25, 0.3) is 5.56 Å². The molecule has 1 unspecified atom stereocenters. The zero-order valence-corrected chi connectivity index (χ0v) is 20.0. The van der Waals surface area contributed by atoms with E-state index in [2.05, 4.69) is 9.71 Å². The number of ether oxygens (including phenoxy) is 1. The monoisotopic (exact) mass is 518 g/mol. The van der Waals surface area contributed by atoms with Crippen molar-refractivity contribution in [3.63, 3.8) is 0 Å². The number of nitrogen functional groups attached to an aromatic ring is 1. The van der Waals surface area contributed by atoms with Crippen LogP contribution in [0.1, 0.15) is 35.6 Å². The van der Waals surface area contributed by atoms with Gasteiger partial charge in [-0.25, -0.2) is 27.3 Å². The van der Waals surface area contributed by atoms with E-state index < -0.39 is 45.3 Å². The lowest BCUT2D eigenvalue weighted by molar-refractivity contribution is -0.172. The Morgan fingerprint density at radius 2 is 2.03 bits per heavy atom. The normalized spacial score (nSPS) is 18.6. The Balaban J connectivity index is 1.76. The summed E-state index contributed by atoms with van der Waals surface area (Å²) in [4.78, 5) is 30.3. The fourth-order valence-electron chi connectivity index (χ4n) is 4.78. The number of fused-ring (bicyclic) bond motifs is 5. The van der Waals surface area contributed by atoms with Crippen LogP contribution >= 0.6 is 0 Å². The Morgan fingerprint density at radius 3 is 2.72 bits per heavy atom. The van der Waals surface area contributed by atoms with Crippen LogP contribution in [0.5, 0.6) is 0 Å². The van der Waals surface area contributed by atoms with Crippen molar-refractivity contribution >= 4 is 32.6 Å². The molecule has 5 N–H and O–H groups in total. The maximum atomic E-state index is 14.3. The average molecular weight is 519 g/mol. The third kappa shape index (κ3) is 3.58. The fraction of sp³-hybridized carbons (Fsp3) is 0.348. The average Bonchev–Trinajstić information content (AvgIpc) is 3.19. The number of nitrogens with two attached hydrogens (primary N) is 1. The van der Waals surface area contributed by atoms with Gasteiger partial charge in [-0.05, 0) is 24.1 Å². The van der Waals surface area contributed by atoms with Crippen molar-refractivity contribution in [2.45, 2.75) is 38.6 Å². The summed E-state index contributed by atoms with van der Waals surface area (Å²) in [5.41, 5.74) is 5.10. The first-order chi connectivity index (χ1) is 17.0. The highest BCUT2D eigenvalue weighted by molar-refractivity contribution is 7.89. The number of halogens is 1. The molecule has 0 saturated heterocycles. The molecular formula is C23H23FN4O7S. The minimum Gasteiger partial charge on any atom is -0.458 e. The highest BCUT2D eigenvalue weighted by atomic mass is 32.2. The highest BCUT2D eigenvalue weighted by Crippen LogP contribution is 2.40. The Morgan fingerprint density at radius 1 is 1.28 bits per heavy atom. The Kier molecular flexibility index (Phi) is 5.63. The van der Waals surface area contributed by atoms with E-state index in [1.54, 1.807) is 6.92 Å². The second-order valence-corrected chi connectivity index (χ2v) is 10.7. The van der Waals surface area contributed by atoms with Crippen molar-refractivity contribution in [3.05, 3.63) is 56.6 Å². The van der Waals surface area contributed by atoms with Crippen molar-refractivity contribution < 1.29 is 32.6 Å². The van der Waals surface area contributed by atoms with Crippen LogP contribution in [0, 0.1) is 5.82 Å². The number of hydrogen-bond donors (Lipinski definition) is 4. The molecule has 13 heteroatoms. The molecule has 5 rings (SSSR count). The lowest BCUT2D eigenvalue weighted by atomic mass is 9.86. The molecule has 36 heavy (non-hydrogen) atoms. The van der Waals surface area contributed by atoms with E-state index in [1.807, 2.05) is 0 Å². The number of nitrogens with zero attached hydrogens (tertiary/aromatic N) is 2. The maximum Gasteiger partial charge on any atom is 0.343 e. The molecule has 0 radical (unpaired) electrons. The standard InChI is InChI=1S/C23H23FN4O7S/c1-2-23(32)15-6-19-20-13(9-28(19)21(30)14(15)10-35-22(23)31)12(8-26-36(33,34)4-3-29)11-5-17(25)16(24)7-18(11)27-20/h5-7,26,29,32H,2-4,8-10,25H2,1H3. The number of pyridine rings is 2. The fourth-order valence-corrected chi connectivity index (χ4v) is 5.53. The quantitative estimate of drug-likeness (QED) is 0.205. The number of hydrogen-bond acceptors (Lipinski definition) is 9. The molecule has 2 aromatic heterocycles. The van der Waals surface area contributed by atoms with E-state index >= 15 is 0 Å². The third-order valence-corrected chi connectivity index (χ3v) is 8.06. The molecule has 0 fully saturated rings. The Hall–Kier alpha value is -3.39. The minimum absolute atomic E-state index is 0.0204. The van der Waals surface area contributed by atoms with Crippen molar-refractivity contribution in [1.82, 2.24) is 14.3 Å². The number of aliphatic hydroxyl groups excluding tert-OH is 1. The molecular weight excluding hydrogens is 495 g/mol. The van der Waals surface area contributed by atoms with Crippen molar-refractivity contribution in [2.24, 2.45) is 0 Å². The number of aliphatic hydroxyl groups is 2. The molecule has 2 aliphatic heterocycles. The second-order valence-electron chi connectivity index (χ2n) is 8.78. The third-order valence-electron chi connectivity index (χ3n) is 6.75. The first-order valence-electron chi connectivity index (χ1n) is 11.2. The van der Waals surface area contributed by atoms with Crippen molar-refractivity contribution in [3.8, 4) is 11.4 Å². The van der Waals surface area contributed by atoms with Gasteiger partial charge in [-0.3, -0.25) is 4.79 Å². The van der Waals surface area contributed by atoms with E-state index in [0.29, 0.717) is 27.9 Å². The van der Waals surface area contributed by atoms with Gasteiger partial charge in [0, 0.05) is 29.1 Å². The van der Waals surface area contributed by atoms with Gasteiger partial charge in [0.15, 0.2) is 5.60 Å². The molecule has 2 aliphatic rings. The number of carbonyl (C=O) groups excluding carboxylic acids is 1. The number of anilines is 1. The van der Waals surface area contributed by atoms with Crippen LogP contribution < -0.4 is 16.0 Å². The molecule has 4 heterocycles. The molecule has 0 amide bonds. The van der Waals surface area contributed by atoms with E-state index in [1.165, 1.54) is 16.7 Å². The topological polar surface area (TPSA) is 174 Å². The van der Waals surface area contributed by atoms with Crippen LogP contribution in [0.2, 0.25) is 0 Å². The predicted octanol–water partition coefficient (Wildman–Crippen LogP) is 0.213. The van der Waals surface area contributed by atoms with Crippen molar-refractivity contribution in [1.29, 1.82) is 0 Å². The predicted molar refractivity (Wildman–Crippen MR) is 127 cm³/mol. The highest BCUT2D eigenvalue weighted by Gasteiger charge is 2.45. The van der Waals surface area contributed by atoms with Gasteiger partial charge in [0.05, 0.1) is 47.1 Å². The van der Waals surface area contributed by atoms with Gasteiger partial charge in [0.1, 0.15) is 12.4 Å². The summed E-state index contributed by atoms with van der Waals surface area (Å²) >= 11 is 0. The minimum atomic E-state index is -3.83. The lowest BCUT2D eigenvalue weighted by Gasteiger charge is -2.31. The molecule has 0 spiro atoms. The number of sulfonamides is 1. The first kappa shape index (κ1) is 24.3. The first-order valence-corrected chi connectivity index (χ1v) is 12.8. The van der Waals surface area contributed by atoms with Gasteiger partial charge >= 0.3 is 5.97 Å². The number of benzene rings is 1. The van der Waals surface area contributed by atoms with Crippen LogP contribution in [0.15, 0.2) is 23.0 Å². The summed E-state index contributed by atoms with van der Waals surface area (Å²) in [6.45, 7) is 0.516. The summed E-state index contributed by atoms with van der Waals surface area (Å²) < 4.78 is 47.7. The molecule has 11 nitrogen and oxygen atoms in total.